The van der Waals surface area contributed by atoms with E-state index in [1.165, 1.54) is 0 Å². The highest BCUT2D eigenvalue weighted by Gasteiger charge is 2.16. The maximum absolute atomic E-state index is 12.5. The van der Waals surface area contributed by atoms with Gasteiger partial charge >= 0.3 is 6.03 Å². The van der Waals surface area contributed by atoms with Crippen LogP contribution >= 0.6 is 11.3 Å². The van der Waals surface area contributed by atoms with Crippen molar-refractivity contribution < 1.29 is 14.3 Å². The molecule has 0 aliphatic rings. The van der Waals surface area contributed by atoms with Crippen LogP contribution in [0, 0.1) is 0 Å². The van der Waals surface area contributed by atoms with Crippen LogP contribution in [0.25, 0.3) is 0 Å². The second-order valence-electron chi connectivity index (χ2n) is 4.62. The second-order valence-corrected chi connectivity index (χ2v) is 5.66. The third-order valence-corrected chi connectivity index (χ3v) is 3.99. The van der Waals surface area contributed by atoms with Gasteiger partial charge in [-0.25, -0.2) is 4.79 Å². The number of hydrogen-bond donors (Lipinski definition) is 1. The molecule has 1 heterocycles. The van der Waals surface area contributed by atoms with Gasteiger partial charge in [0.25, 0.3) is 0 Å². The molecular weight excluding hydrogens is 300 g/mol. The molecule has 0 bridgehead atoms. The maximum Gasteiger partial charge on any atom is 0.322 e. The van der Waals surface area contributed by atoms with Crippen LogP contribution in [0.2, 0.25) is 0 Å². The number of thiophene rings is 1. The molecule has 0 saturated heterocycles. The average molecular weight is 320 g/mol. The number of carbonyl (C=O) groups is 1. The molecule has 0 spiro atoms. The first kappa shape index (κ1) is 16.3. The predicted molar refractivity (Wildman–Crippen MR) is 88.6 cm³/mol. The first-order valence-electron chi connectivity index (χ1n) is 6.95. The molecule has 0 radical (unpaired) electrons. The molecule has 0 aliphatic heterocycles. The summed E-state index contributed by atoms with van der Waals surface area (Å²) in [5.74, 6) is 0.638. The average Bonchev–Trinajstić information content (AvgIpc) is 3.05. The molecule has 5 nitrogen and oxygen atoms in total. The minimum atomic E-state index is -0.171. The van der Waals surface area contributed by atoms with Crippen molar-refractivity contribution in [2.45, 2.75) is 6.54 Å². The van der Waals surface area contributed by atoms with Crippen molar-refractivity contribution in [3.8, 4) is 5.75 Å². The number of carbonyl (C=O) groups excluding carboxylic acids is 1. The molecule has 118 valence electrons. The highest BCUT2D eigenvalue weighted by Crippen LogP contribution is 2.23. The number of nitrogens with one attached hydrogen (secondary N) is 1. The molecule has 0 atom stereocenters. The van der Waals surface area contributed by atoms with E-state index in [0.717, 1.165) is 4.88 Å². The van der Waals surface area contributed by atoms with Crippen molar-refractivity contribution in [1.29, 1.82) is 0 Å². The van der Waals surface area contributed by atoms with Crippen molar-refractivity contribution in [1.82, 2.24) is 4.90 Å². The predicted octanol–water partition coefficient (Wildman–Crippen LogP) is 3.44. The van der Waals surface area contributed by atoms with E-state index in [-0.39, 0.29) is 6.03 Å². The van der Waals surface area contributed by atoms with E-state index in [9.17, 15) is 4.79 Å². The first-order chi connectivity index (χ1) is 10.7. The molecule has 2 rings (SSSR count). The Morgan fingerprint density at radius 3 is 2.73 bits per heavy atom. The fraction of sp³-hybridized carbons (Fsp3) is 0.312. The van der Waals surface area contributed by atoms with E-state index in [0.29, 0.717) is 31.1 Å². The maximum atomic E-state index is 12.5. The number of rotatable bonds is 7. The lowest BCUT2D eigenvalue weighted by molar-refractivity contribution is 0.153. The summed E-state index contributed by atoms with van der Waals surface area (Å²) in [4.78, 5) is 15.4. The summed E-state index contributed by atoms with van der Waals surface area (Å²) < 4.78 is 10.4. The number of hydrogen-bond acceptors (Lipinski definition) is 4. The fourth-order valence-corrected chi connectivity index (χ4v) is 2.71. The van der Waals surface area contributed by atoms with Crippen LogP contribution < -0.4 is 10.1 Å². The normalized spacial score (nSPS) is 10.3. The number of ether oxygens (including phenoxy) is 2. The molecule has 22 heavy (non-hydrogen) atoms. The molecule has 2 amide bonds. The number of methoxy groups -OCH3 is 2. The van der Waals surface area contributed by atoms with Crippen molar-refractivity contribution in [3.05, 3.63) is 46.7 Å². The molecule has 1 aromatic heterocycles. The highest BCUT2D eigenvalue weighted by molar-refractivity contribution is 7.09. The Hall–Kier alpha value is -2.05. The lowest BCUT2D eigenvalue weighted by Gasteiger charge is -2.22. The quantitative estimate of drug-likeness (QED) is 0.850. The molecule has 2 aromatic rings. The van der Waals surface area contributed by atoms with Crippen LogP contribution in [-0.4, -0.2) is 38.3 Å². The first-order valence-corrected chi connectivity index (χ1v) is 7.83. The van der Waals surface area contributed by atoms with Crippen molar-refractivity contribution in [2.24, 2.45) is 0 Å². The fourth-order valence-electron chi connectivity index (χ4n) is 1.99. The van der Waals surface area contributed by atoms with Crippen molar-refractivity contribution in [2.75, 3.05) is 32.7 Å². The van der Waals surface area contributed by atoms with Gasteiger partial charge in [0.15, 0.2) is 0 Å². The smallest absolute Gasteiger partial charge is 0.322 e. The third-order valence-electron chi connectivity index (χ3n) is 3.13. The zero-order chi connectivity index (χ0) is 15.8. The Bertz CT molecular complexity index is 587. The van der Waals surface area contributed by atoms with E-state index >= 15 is 0 Å². The van der Waals surface area contributed by atoms with Crippen LogP contribution in [0.4, 0.5) is 10.5 Å². The Labute approximate surface area is 134 Å². The van der Waals surface area contributed by atoms with Gasteiger partial charge < -0.3 is 19.7 Å². The van der Waals surface area contributed by atoms with E-state index in [2.05, 4.69) is 5.32 Å². The van der Waals surface area contributed by atoms with Gasteiger partial charge in [0.2, 0.25) is 0 Å². The van der Waals surface area contributed by atoms with Crippen LogP contribution in [-0.2, 0) is 11.3 Å². The molecule has 0 saturated carbocycles. The lowest BCUT2D eigenvalue weighted by atomic mass is 10.3. The van der Waals surface area contributed by atoms with Gasteiger partial charge in [0.05, 0.1) is 25.9 Å². The van der Waals surface area contributed by atoms with Crippen LogP contribution in [0.15, 0.2) is 41.8 Å². The molecule has 6 heteroatoms. The van der Waals surface area contributed by atoms with Crippen molar-refractivity contribution >= 4 is 23.1 Å². The zero-order valence-corrected chi connectivity index (χ0v) is 13.6. The minimum Gasteiger partial charge on any atom is -0.495 e. The van der Waals surface area contributed by atoms with E-state index in [4.69, 9.17) is 9.47 Å². The summed E-state index contributed by atoms with van der Waals surface area (Å²) in [6.07, 6.45) is 0. The molecule has 0 aliphatic carbocycles. The largest absolute Gasteiger partial charge is 0.495 e. The summed E-state index contributed by atoms with van der Waals surface area (Å²) in [6.45, 7) is 1.57. The number of nitrogens with zero attached hydrogens (tertiary/aromatic N) is 1. The molecule has 0 unspecified atom stereocenters. The summed E-state index contributed by atoms with van der Waals surface area (Å²) in [5, 5.41) is 4.90. The van der Waals surface area contributed by atoms with Crippen LogP contribution in [0.3, 0.4) is 0 Å². The Balaban J connectivity index is 2.07. The number of anilines is 1. The van der Waals surface area contributed by atoms with Gasteiger partial charge in [-0.05, 0) is 23.6 Å². The molecule has 1 N–H and O–H groups in total. The lowest BCUT2D eigenvalue weighted by Crippen LogP contribution is -2.36. The standard InChI is InChI=1S/C16H20N2O3S/c1-20-10-9-18(12-13-6-5-11-22-13)16(19)17-14-7-3-4-8-15(14)21-2/h3-8,11H,9-10,12H2,1-2H3,(H,17,19). The number of benzene rings is 1. The number of para-hydroxylation sites is 2. The van der Waals surface area contributed by atoms with Gasteiger partial charge in [-0.3, -0.25) is 0 Å². The number of urea groups is 1. The Kier molecular flexibility index (Phi) is 6.24. The minimum absolute atomic E-state index is 0.171. The molecule has 1 aromatic carbocycles. The molecule has 0 fully saturated rings. The highest BCUT2D eigenvalue weighted by atomic mass is 32.1. The van der Waals surface area contributed by atoms with Gasteiger partial charge in [-0.1, -0.05) is 18.2 Å². The SMILES string of the molecule is COCCN(Cc1cccs1)C(=O)Nc1ccccc1OC. The summed E-state index contributed by atoms with van der Waals surface area (Å²) in [5.41, 5.74) is 0.656. The van der Waals surface area contributed by atoms with Gasteiger partial charge in [-0.15, -0.1) is 11.3 Å². The Morgan fingerprint density at radius 2 is 2.05 bits per heavy atom. The van der Waals surface area contributed by atoms with E-state index in [1.807, 2.05) is 41.8 Å². The Morgan fingerprint density at radius 1 is 1.23 bits per heavy atom. The zero-order valence-electron chi connectivity index (χ0n) is 12.7. The second kappa shape index (κ2) is 8.41. The third kappa shape index (κ3) is 4.47. The van der Waals surface area contributed by atoms with E-state index in [1.54, 1.807) is 30.5 Å². The number of amides is 2. The van der Waals surface area contributed by atoms with Gasteiger partial charge in [-0.2, -0.15) is 0 Å². The van der Waals surface area contributed by atoms with Crippen LogP contribution in [0.1, 0.15) is 4.88 Å². The van der Waals surface area contributed by atoms with Crippen LogP contribution in [0.5, 0.6) is 5.75 Å². The van der Waals surface area contributed by atoms with E-state index < -0.39 is 0 Å². The summed E-state index contributed by atoms with van der Waals surface area (Å²) in [7, 11) is 3.21. The molecular formula is C16H20N2O3S. The van der Waals surface area contributed by atoms with Gasteiger partial charge in [0.1, 0.15) is 5.75 Å². The summed E-state index contributed by atoms with van der Waals surface area (Å²) in [6, 6.07) is 11.2. The van der Waals surface area contributed by atoms with Gasteiger partial charge in [0, 0.05) is 18.5 Å². The summed E-state index contributed by atoms with van der Waals surface area (Å²) >= 11 is 1.63. The van der Waals surface area contributed by atoms with Crippen molar-refractivity contribution in [3.63, 3.8) is 0 Å². The topological polar surface area (TPSA) is 50.8 Å². The monoisotopic (exact) mass is 320 g/mol.